The highest BCUT2D eigenvalue weighted by Gasteiger charge is 2.15. The van der Waals surface area contributed by atoms with Gasteiger partial charge in [-0.2, -0.15) is 0 Å². The standard InChI is InChI=1S/C18H22N4O3/c1-22(2)9-3-7-19-17-10-13(6-8-20-17)18(23)21-14-4-5-15-16(11-14)25-12-24-15/h4-6,8,10-11H,3,7,9,12H2,1-2H3,(H,19,20)(H,21,23). The summed E-state index contributed by atoms with van der Waals surface area (Å²) in [5.41, 5.74) is 1.20. The Bertz CT molecular complexity index is 749. The lowest BCUT2D eigenvalue weighted by Gasteiger charge is -2.11. The SMILES string of the molecule is CN(C)CCCNc1cc(C(=O)Nc2ccc3c(c2)OCO3)ccn1. The van der Waals surface area contributed by atoms with Crippen LogP contribution in [0.3, 0.4) is 0 Å². The van der Waals surface area contributed by atoms with Gasteiger partial charge in [0, 0.05) is 30.1 Å². The van der Waals surface area contributed by atoms with Crippen molar-refractivity contribution in [3.8, 4) is 11.5 Å². The monoisotopic (exact) mass is 342 g/mol. The molecule has 0 saturated heterocycles. The van der Waals surface area contributed by atoms with Gasteiger partial charge in [-0.05, 0) is 51.3 Å². The highest BCUT2D eigenvalue weighted by molar-refractivity contribution is 6.04. The van der Waals surface area contributed by atoms with E-state index in [2.05, 4.69) is 20.5 Å². The first kappa shape index (κ1) is 17.0. The largest absolute Gasteiger partial charge is 0.454 e. The van der Waals surface area contributed by atoms with Gasteiger partial charge < -0.3 is 25.0 Å². The van der Waals surface area contributed by atoms with Crippen molar-refractivity contribution < 1.29 is 14.3 Å². The zero-order chi connectivity index (χ0) is 17.6. The number of benzene rings is 1. The lowest BCUT2D eigenvalue weighted by molar-refractivity contribution is 0.102. The summed E-state index contributed by atoms with van der Waals surface area (Å²) in [6.07, 6.45) is 2.63. The Balaban J connectivity index is 1.59. The van der Waals surface area contributed by atoms with E-state index in [1.807, 2.05) is 14.1 Å². The van der Waals surface area contributed by atoms with Gasteiger partial charge >= 0.3 is 0 Å². The molecule has 1 aromatic heterocycles. The molecule has 0 fully saturated rings. The van der Waals surface area contributed by atoms with E-state index in [0.717, 1.165) is 19.5 Å². The molecule has 0 saturated carbocycles. The molecule has 1 aliphatic rings. The minimum Gasteiger partial charge on any atom is -0.454 e. The third kappa shape index (κ3) is 4.60. The fourth-order valence-electron chi connectivity index (χ4n) is 2.46. The number of anilines is 2. The quantitative estimate of drug-likeness (QED) is 0.753. The number of fused-ring (bicyclic) bond motifs is 1. The van der Waals surface area contributed by atoms with Crippen LogP contribution in [0, 0.1) is 0 Å². The van der Waals surface area contributed by atoms with E-state index in [1.54, 1.807) is 36.5 Å². The number of carbonyl (C=O) groups excluding carboxylic acids is 1. The van der Waals surface area contributed by atoms with Gasteiger partial charge in [0.2, 0.25) is 6.79 Å². The topological polar surface area (TPSA) is 75.7 Å². The van der Waals surface area contributed by atoms with E-state index >= 15 is 0 Å². The zero-order valence-electron chi connectivity index (χ0n) is 14.4. The molecule has 0 spiro atoms. The van der Waals surface area contributed by atoms with Crippen LogP contribution in [-0.4, -0.2) is 49.8 Å². The zero-order valence-corrected chi connectivity index (χ0v) is 14.4. The molecule has 0 atom stereocenters. The molecule has 0 bridgehead atoms. The number of nitrogens with one attached hydrogen (secondary N) is 2. The van der Waals surface area contributed by atoms with Crippen LogP contribution in [0.15, 0.2) is 36.5 Å². The number of amides is 1. The fraction of sp³-hybridized carbons (Fsp3) is 0.333. The Kier molecular flexibility index (Phi) is 5.35. The van der Waals surface area contributed by atoms with Crippen molar-refractivity contribution in [1.82, 2.24) is 9.88 Å². The van der Waals surface area contributed by atoms with E-state index in [1.165, 1.54) is 0 Å². The molecule has 2 N–H and O–H groups in total. The first-order chi connectivity index (χ1) is 12.1. The third-order valence-corrected chi connectivity index (χ3v) is 3.74. The highest BCUT2D eigenvalue weighted by atomic mass is 16.7. The predicted molar refractivity (Wildman–Crippen MR) is 96.4 cm³/mol. The number of hydrogen-bond acceptors (Lipinski definition) is 6. The smallest absolute Gasteiger partial charge is 0.255 e. The molecular formula is C18H22N4O3. The number of pyridine rings is 1. The number of rotatable bonds is 7. The van der Waals surface area contributed by atoms with E-state index in [4.69, 9.17) is 9.47 Å². The maximum Gasteiger partial charge on any atom is 0.255 e. The van der Waals surface area contributed by atoms with E-state index in [-0.39, 0.29) is 12.7 Å². The summed E-state index contributed by atoms with van der Waals surface area (Å²) in [4.78, 5) is 18.8. The van der Waals surface area contributed by atoms with Crippen LogP contribution in [0.5, 0.6) is 11.5 Å². The van der Waals surface area contributed by atoms with Gasteiger partial charge in [-0.15, -0.1) is 0 Å². The van der Waals surface area contributed by atoms with Crippen molar-refractivity contribution in [3.05, 3.63) is 42.1 Å². The summed E-state index contributed by atoms with van der Waals surface area (Å²) in [7, 11) is 4.08. The normalized spacial score (nSPS) is 12.3. The Labute approximate surface area is 147 Å². The van der Waals surface area contributed by atoms with Crippen LogP contribution in [0.25, 0.3) is 0 Å². The van der Waals surface area contributed by atoms with Gasteiger partial charge in [0.05, 0.1) is 0 Å². The van der Waals surface area contributed by atoms with Gasteiger partial charge in [-0.1, -0.05) is 0 Å². The first-order valence-corrected chi connectivity index (χ1v) is 8.17. The minimum absolute atomic E-state index is 0.197. The van der Waals surface area contributed by atoms with Crippen LogP contribution >= 0.6 is 0 Å². The number of nitrogens with zero attached hydrogens (tertiary/aromatic N) is 2. The maximum absolute atomic E-state index is 12.4. The summed E-state index contributed by atoms with van der Waals surface area (Å²) in [5, 5.41) is 6.10. The lowest BCUT2D eigenvalue weighted by Crippen LogP contribution is -2.17. The minimum atomic E-state index is -0.197. The molecule has 0 aliphatic carbocycles. The van der Waals surface area contributed by atoms with Crippen LogP contribution in [-0.2, 0) is 0 Å². The van der Waals surface area contributed by atoms with Gasteiger partial charge in [0.1, 0.15) is 5.82 Å². The van der Waals surface area contributed by atoms with Crippen LogP contribution < -0.4 is 20.1 Å². The average Bonchev–Trinajstić information content (AvgIpc) is 3.06. The van der Waals surface area contributed by atoms with E-state index < -0.39 is 0 Å². The Morgan fingerprint density at radius 2 is 2.04 bits per heavy atom. The summed E-state index contributed by atoms with van der Waals surface area (Å²) in [6.45, 7) is 2.01. The summed E-state index contributed by atoms with van der Waals surface area (Å²) >= 11 is 0. The van der Waals surface area contributed by atoms with Gasteiger partial charge in [0.25, 0.3) is 5.91 Å². The van der Waals surface area contributed by atoms with Crippen molar-refractivity contribution in [3.63, 3.8) is 0 Å². The van der Waals surface area contributed by atoms with Crippen LogP contribution in [0.2, 0.25) is 0 Å². The molecule has 2 aromatic rings. The van der Waals surface area contributed by atoms with Gasteiger partial charge in [0.15, 0.2) is 11.5 Å². The van der Waals surface area contributed by atoms with Gasteiger partial charge in [-0.3, -0.25) is 4.79 Å². The molecule has 1 aromatic carbocycles. The number of carbonyl (C=O) groups is 1. The molecule has 25 heavy (non-hydrogen) atoms. The molecule has 0 radical (unpaired) electrons. The molecule has 1 amide bonds. The van der Waals surface area contributed by atoms with Crippen molar-refractivity contribution in [2.45, 2.75) is 6.42 Å². The molecule has 7 heteroatoms. The molecule has 3 rings (SSSR count). The van der Waals surface area contributed by atoms with E-state index in [9.17, 15) is 4.79 Å². The summed E-state index contributed by atoms with van der Waals surface area (Å²) in [5.74, 6) is 1.82. The van der Waals surface area contributed by atoms with Crippen molar-refractivity contribution in [1.29, 1.82) is 0 Å². The van der Waals surface area contributed by atoms with Crippen molar-refractivity contribution in [2.24, 2.45) is 0 Å². The number of ether oxygens (including phenoxy) is 2. The predicted octanol–water partition coefficient (Wildman–Crippen LogP) is 2.43. The van der Waals surface area contributed by atoms with Crippen LogP contribution in [0.1, 0.15) is 16.8 Å². The highest BCUT2D eigenvalue weighted by Crippen LogP contribution is 2.34. The second-order valence-corrected chi connectivity index (χ2v) is 6.04. The Morgan fingerprint density at radius 3 is 2.88 bits per heavy atom. The number of aromatic nitrogens is 1. The molecule has 2 heterocycles. The second-order valence-electron chi connectivity index (χ2n) is 6.04. The second kappa shape index (κ2) is 7.85. The molecular weight excluding hydrogens is 320 g/mol. The van der Waals surface area contributed by atoms with Gasteiger partial charge in [-0.25, -0.2) is 4.98 Å². The molecule has 1 aliphatic heterocycles. The van der Waals surface area contributed by atoms with Crippen LogP contribution in [0.4, 0.5) is 11.5 Å². The van der Waals surface area contributed by atoms with Crippen molar-refractivity contribution >= 4 is 17.4 Å². The fourth-order valence-corrected chi connectivity index (χ4v) is 2.46. The Hall–Kier alpha value is -2.80. The van der Waals surface area contributed by atoms with Crippen molar-refractivity contribution in [2.75, 3.05) is 44.6 Å². The molecule has 0 unspecified atom stereocenters. The molecule has 132 valence electrons. The average molecular weight is 342 g/mol. The first-order valence-electron chi connectivity index (χ1n) is 8.17. The van der Waals surface area contributed by atoms with E-state index in [0.29, 0.717) is 28.6 Å². The third-order valence-electron chi connectivity index (χ3n) is 3.74. The number of hydrogen-bond donors (Lipinski definition) is 2. The lowest BCUT2D eigenvalue weighted by atomic mass is 10.2. The maximum atomic E-state index is 12.4. The summed E-state index contributed by atoms with van der Waals surface area (Å²) < 4.78 is 10.6. The Morgan fingerprint density at radius 1 is 1.20 bits per heavy atom. The summed E-state index contributed by atoms with van der Waals surface area (Å²) in [6, 6.07) is 8.75. The molecule has 7 nitrogen and oxygen atoms in total.